The number of methoxy groups -OCH3 is 1. The van der Waals surface area contributed by atoms with Crippen molar-refractivity contribution in [2.75, 3.05) is 13.7 Å². The van der Waals surface area contributed by atoms with Gasteiger partial charge in [-0.1, -0.05) is 12.8 Å². The van der Waals surface area contributed by atoms with Crippen molar-refractivity contribution < 1.29 is 13.2 Å². The van der Waals surface area contributed by atoms with Crippen LogP contribution in [0.2, 0.25) is 0 Å². The fraction of sp³-hybridized carbons (Fsp3) is 0.471. The zero-order valence-electron chi connectivity index (χ0n) is 14.1. The topological polar surface area (TPSA) is 64.4 Å². The molecule has 1 aliphatic rings. The van der Waals surface area contributed by atoms with Crippen molar-refractivity contribution in [2.45, 2.75) is 36.6 Å². The predicted molar refractivity (Wildman–Crippen MR) is 91.3 cm³/mol. The Morgan fingerprint density at radius 3 is 2.50 bits per heavy atom. The summed E-state index contributed by atoms with van der Waals surface area (Å²) in [5.41, 5.74) is 0.816. The Bertz CT molecular complexity index is 784. The molecule has 0 bridgehead atoms. The Morgan fingerprint density at radius 1 is 1.12 bits per heavy atom. The van der Waals surface area contributed by atoms with Gasteiger partial charge in [-0.25, -0.2) is 8.42 Å². The van der Waals surface area contributed by atoms with E-state index >= 15 is 0 Å². The Balaban J connectivity index is 1.97. The molecule has 0 radical (unpaired) electrons. The summed E-state index contributed by atoms with van der Waals surface area (Å²) in [7, 11) is -0.155. The predicted octanol–water partition coefficient (Wildman–Crippen LogP) is 2.73. The van der Waals surface area contributed by atoms with E-state index in [0.29, 0.717) is 17.2 Å². The number of hydrogen-bond donors (Lipinski definition) is 0. The largest absolute Gasteiger partial charge is 0.497 e. The van der Waals surface area contributed by atoms with Gasteiger partial charge in [-0.05, 0) is 43.2 Å². The molecule has 7 heteroatoms. The van der Waals surface area contributed by atoms with Crippen LogP contribution in [0.5, 0.6) is 5.75 Å². The smallest absolute Gasteiger partial charge is 0.243 e. The first-order valence-corrected chi connectivity index (χ1v) is 9.62. The Kier molecular flexibility index (Phi) is 4.91. The summed E-state index contributed by atoms with van der Waals surface area (Å²) < 4.78 is 34.8. The van der Waals surface area contributed by atoms with Gasteiger partial charge in [-0.3, -0.25) is 4.68 Å². The van der Waals surface area contributed by atoms with E-state index in [2.05, 4.69) is 5.10 Å². The van der Waals surface area contributed by atoms with E-state index in [0.717, 1.165) is 31.4 Å². The summed E-state index contributed by atoms with van der Waals surface area (Å²) in [5, 5.41) is 4.45. The summed E-state index contributed by atoms with van der Waals surface area (Å²) >= 11 is 0. The Morgan fingerprint density at radius 2 is 1.88 bits per heavy atom. The fourth-order valence-electron chi connectivity index (χ4n) is 3.16. The van der Waals surface area contributed by atoms with Crippen LogP contribution in [0.25, 0.3) is 0 Å². The van der Waals surface area contributed by atoms with Gasteiger partial charge in [0, 0.05) is 19.8 Å². The first-order chi connectivity index (χ1) is 11.5. The second-order valence-electron chi connectivity index (χ2n) is 6.07. The van der Waals surface area contributed by atoms with Crippen LogP contribution < -0.4 is 4.74 Å². The van der Waals surface area contributed by atoms with Gasteiger partial charge in [0.25, 0.3) is 0 Å². The van der Waals surface area contributed by atoms with Crippen LogP contribution in [0, 0.1) is 0 Å². The maximum absolute atomic E-state index is 13.2. The Labute approximate surface area is 143 Å². The average molecular weight is 349 g/mol. The molecule has 0 unspecified atom stereocenters. The molecule has 0 N–H and O–H groups in total. The number of aryl methyl sites for hydroxylation is 1. The van der Waals surface area contributed by atoms with Crippen molar-refractivity contribution in [3.05, 3.63) is 42.2 Å². The van der Waals surface area contributed by atoms with Crippen LogP contribution in [0.3, 0.4) is 0 Å². The third-order valence-corrected chi connectivity index (χ3v) is 6.37. The molecule has 0 aliphatic carbocycles. The third kappa shape index (κ3) is 3.32. The van der Waals surface area contributed by atoms with E-state index < -0.39 is 10.0 Å². The molecule has 6 nitrogen and oxygen atoms in total. The van der Waals surface area contributed by atoms with Crippen molar-refractivity contribution in [1.29, 1.82) is 0 Å². The van der Waals surface area contributed by atoms with Crippen molar-refractivity contribution in [3.8, 4) is 5.75 Å². The molecule has 1 aromatic heterocycles. The van der Waals surface area contributed by atoms with Crippen LogP contribution in [-0.2, 0) is 17.1 Å². The summed E-state index contributed by atoms with van der Waals surface area (Å²) in [6.45, 7) is 0.523. The highest BCUT2D eigenvalue weighted by molar-refractivity contribution is 7.89. The minimum atomic E-state index is -3.57. The molecule has 0 saturated carbocycles. The van der Waals surface area contributed by atoms with Gasteiger partial charge in [0.15, 0.2) is 0 Å². The second-order valence-corrected chi connectivity index (χ2v) is 7.96. The summed E-state index contributed by atoms with van der Waals surface area (Å²) in [5.74, 6) is 0.645. The number of rotatable bonds is 4. The molecule has 1 atom stereocenters. The zero-order chi connectivity index (χ0) is 17.2. The minimum absolute atomic E-state index is 0.208. The zero-order valence-corrected chi connectivity index (χ0v) is 14.9. The van der Waals surface area contributed by atoms with Gasteiger partial charge >= 0.3 is 0 Å². The van der Waals surface area contributed by atoms with Crippen LogP contribution in [-0.4, -0.2) is 36.2 Å². The summed E-state index contributed by atoms with van der Waals surface area (Å²) in [6.07, 6.45) is 5.58. The molecule has 0 amide bonds. The minimum Gasteiger partial charge on any atom is -0.497 e. The van der Waals surface area contributed by atoms with Crippen LogP contribution in [0.1, 0.15) is 37.4 Å². The lowest BCUT2D eigenvalue weighted by molar-refractivity contribution is 0.321. The lowest BCUT2D eigenvalue weighted by Gasteiger charge is -2.28. The molecule has 1 aliphatic heterocycles. The number of ether oxygens (including phenoxy) is 1. The third-order valence-electron chi connectivity index (χ3n) is 4.45. The van der Waals surface area contributed by atoms with Crippen LogP contribution >= 0.6 is 0 Å². The number of benzene rings is 1. The molecular weight excluding hydrogens is 326 g/mol. The number of sulfonamides is 1. The lowest BCUT2D eigenvalue weighted by atomic mass is 10.1. The normalized spacial score (nSPS) is 19.8. The van der Waals surface area contributed by atoms with Gasteiger partial charge in [-0.15, -0.1) is 0 Å². The van der Waals surface area contributed by atoms with E-state index in [4.69, 9.17) is 4.74 Å². The van der Waals surface area contributed by atoms with Crippen molar-refractivity contribution >= 4 is 10.0 Å². The van der Waals surface area contributed by atoms with Gasteiger partial charge in [0.1, 0.15) is 5.75 Å². The van der Waals surface area contributed by atoms with Gasteiger partial charge in [-0.2, -0.15) is 9.40 Å². The van der Waals surface area contributed by atoms with E-state index in [1.807, 2.05) is 19.3 Å². The van der Waals surface area contributed by atoms with Crippen molar-refractivity contribution in [1.82, 2.24) is 14.1 Å². The van der Waals surface area contributed by atoms with E-state index in [1.54, 1.807) is 40.4 Å². The van der Waals surface area contributed by atoms with Gasteiger partial charge in [0.05, 0.1) is 23.7 Å². The maximum atomic E-state index is 13.2. The van der Waals surface area contributed by atoms with Crippen LogP contribution in [0.4, 0.5) is 0 Å². The number of nitrogens with zero attached hydrogens (tertiary/aromatic N) is 3. The van der Waals surface area contributed by atoms with E-state index in [-0.39, 0.29) is 6.04 Å². The highest BCUT2D eigenvalue weighted by Crippen LogP contribution is 2.34. The fourth-order valence-corrected chi connectivity index (χ4v) is 4.83. The molecule has 3 rings (SSSR count). The van der Waals surface area contributed by atoms with Crippen molar-refractivity contribution in [3.63, 3.8) is 0 Å². The van der Waals surface area contributed by atoms with Gasteiger partial charge in [0.2, 0.25) is 10.0 Å². The highest BCUT2D eigenvalue weighted by atomic mass is 32.2. The monoisotopic (exact) mass is 349 g/mol. The number of aromatic nitrogens is 2. The van der Waals surface area contributed by atoms with Crippen molar-refractivity contribution in [2.24, 2.45) is 7.05 Å². The van der Waals surface area contributed by atoms with E-state index in [1.165, 1.54) is 0 Å². The SMILES string of the molecule is COc1ccc(S(=O)(=O)N2CCCCC[C@@H]2c2ccn(C)n2)cc1. The summed E-state index contributed by atoms with van der Waals surface area (Å²) in [4.78, 5) is 0.297. The second kappa shape index (κ2) is 6.94. The van der Waals surface area contributed by atoms with E-state index in [9.17, 15) is 8.42 Å². The molecule has 2 heterocycles. The molecule has 24 heavy (non-hydrogen) atoms. The quantitative estimate of drug-likeness (QED) is 0.851. The first kappa shape index (κ1) is 17.0. The number of hydrogen-bond acceptors (Lipinski definition) is 4. The molecule has 130 valence electrons. The molecule has 1 saturated heterocycles. The molecule has 1 fully saturated rings. The average Bonchev–Trinajstić information content (AvgIpc) is 2.86. The lowest BCUT2D eigenvalue weighted by Crippen LogP contribution is -2.35. The highest BCUT2D eigenvalue weighted by Gasteiger charge is 2.34. The standard InChI is InChI=1S/C17H23N3O3S/c1-19-13-11-16(18-19)17-6-4-3-5-12-20(17)24(21,22)15-9-7-14(23-2)8-10-15/h7-11,13,17H,3-6,12H2,1-2H3/t17-/m1/s1. The first-order valence-electron chi connectivity index (χ1n) is 8.18. The molecule has 0 spiro atoms. The summed E-state index contributed by atoms with van der Waals surface area (Å²) in [6, 6.07) is 8.28. The Hall–Kier alpha value is -1.86. The maximum Gasteiger partial charge on any atom is 0.243 e. The van der Waals surface area contributed by atoms with Gasteiger partial charge < -0.3 is 4.74 Å². The molecular formula is C17H23N3O3S. The van der Waals surface area contributed by atoms with Crippen LogP contribution in [0.15, 0.2) is 41.4 Å². The molecule has 1 aromatic carbocycles. The molecule has 2 aromatic rings.